The second-order valence-corrected chi connectivity index (χ2v) is 6.90. The van der Waals surface area contributed by atoms with E-state index in [0.29, 0.717) is 22.2 Å². The van der Waals surface area contributed by atoms with Crippen molar-refractivity contribution in [1.82, 2.24) is 14.5 Å². The summed E-state index contributed by atoms with van der Waals surface area (Å²) in [6, 6.07) is 12.3. The van der Waals surface area contributed by atoms with Crippen LogP contribution in [0.25, 0.3) is 11.0 Å². The van der Waals surface area contributed by atoms with Crippen LogP contribution in [0.5, 0.6) is 0 Å². The number of rotatable bonds is 7. The predicted octanol–water partition coefficient (Wildman–Crippen LogP) is 3.72. The van der Waals surface area contributed by atoms with Gasteiger partial charge in [-0.3, -0.25) is 10.2 Å². The lowest BCUT2D eigenvalue weighted by molar-refractivity contribution is 0.0971. The van der Waals surface area contributed by atoms with Gasteiger partial charge in [0.15, 0.2) is 5.78 Å². The molecule has 7 heteroatoms. The minimum Gasteiger partial charge on any atom is -0.320 e. The Kier molecular flexibility index (Phi) is 5.81. The highest BCUT2D eigenvalue weighted by Crippen LogP contribution is 2.23. The minimum atomic E-state index is -0.0746. The monoisotopic (exact) mass is 390 g/mol. The van der Waals surface area contributed by atoms with Crippen LogP contribution in [0.3, 0.4) is 0 Å². The molecule has 0 amide bonds. The van der Waals surface area contributed by atoms with Crippen LogP contribution in [0.4, 0.5) is 0 Å². The minimum absolute atomic E-state index is 0.0746. The number of para-hydroxylation sites is 1. The maximum absolute atomic E-state index is 12.7. The molecule has 3 rings (SSSR count). The summed E-state index contributed by atoms with van der Waals surface area (Å²) >= 11 is 12.3. The third-order valence-electron chi connectivity index (χ3n) is 4.31. The van der Waals surface area contributed by atoms with E-state index in [1.165, 1.54) is 0 Å². The second kappa shape index (κ2) is 8.08. The average molecular weight is 391 g/mol. The van der Waals surface area contributed by atoms with Crippen molar-refractivity contribution in [2.45, 2.75) is 19.5 Å². The van der Waals surface area contributed by atoms with Crippen LogP contribution in [0.2, 0.25) is 10.0 Å². The molecule has 26 heavy (non-hydrogen) atoms. The van der Waals surface area contributed by atoms with Gasteiger partial charge in [0.2, 0.25) is 5.62 Å². The first-order valence-electron chi connectivity index (χ1n) is 8.38. The third kappa shape index (κ3) is 3.70. The highest BCUT2D eigenvalue weighted by molar-refractivity contribution is 6.35. The highest BCUT2D eigenvalue weighted by Gasteiger charge is 2.16. The number of hydrogen-bond donors (Lipinski definition) is 2. The molecule has 0 aliphatic rings. The topological polar surface area (TPSA) is 62.8 Å². The van der Waals surface area contributed by atoms with E-state index in [1.807, 2.05) is 29.8 Å². The van der Waals surface area contributed by atoms with Crippen molar-refractivity contribution in [3.8, 4) is 0 Å². The Bertz CT molecular complexity index is 989. The van der Waals surface area contributed by atoms with Crippen LogP contribution in [0, 0.1) is 5.41 Å². The Labute approximate surface area is 161 Å². The van der Waals surface area contributed by atoms with Gasteiger partial charge in [-0.1, -0.05) is 29.3 Å². The summed E-state index contributed by atoms with van der Waals surface area (Å²) in [4.78, 5) is 12.7. The van der Waals surface area contributed by atoms with Crippen LogP contribution in [0.1, 0.15) is 16.8 Å². The van der Waals surface area contributed by atoms with Crippen molar-refractivity contribution in [1.29, 1.82) is 5.41 Å². The van der Waals surface area contributed by atoms with Gasteiger partial charge >= 0.3 is 0 Å². The standard InChI is InChI=1S/C19H20Cl2N4O/c1-23-10-3-11-24-18-15(21)4-2-5-16(18)25(19(24)22)12-17(26)13-6-8-14(20)9-7-13/h2,4-9,22-23H,3,10-12H2,1H3. The van der Waals surface area contributed by atoms with E-state index in [9.17, 15) is 4.79 Å². The number of nitrogens with zero attached hydrogens (tertiary/aromatic N) is 2. The number of carbonyl (C=O) groups excluding carboxylic acids is 1. The molecule has 0 saturated heterocycles. The number of imidazole rings is 1. The van der Waals surface area contributed by atoms with E-state index in [1.54, 1.807) is 28.8 Å². The third-order valence-corrected chi connectivity index (χ3v) is 4.87. The molecule has 0 radical (unpaired) electrons. The SMILES string of the molecule is CNCCCn1c(=N)n(CC(=O)c2ccc(Cl)cc2)c2cccc(Cl)c21. The molecule has 0 unspecified atom stereocenters. The molecule has 0 aliphatic heterocycles. The Hall–Kier alpha value is -2.08. The molecule has 0 spiro atoms. The summed E-state index contributed by atoms with van der Waals surface area (Å²) in [6.07, 6.45) is 0.864. The number of aromatic nitrogens is 2. The van der Waals surface area contributed by atoms with Crippen LogP contribution >= 0.6 is 23.2 Å². The van der Waals surface area contributed by atoms with Gasteiger partial charge in [-0.05, 0) is 56.4 Å². The summed E-state index contributed by atoms with van der Waals surface area (Å²) < 4.78 is 3.57. The number of ketones is 1. The van der Waals surface area contributed by atoms with Gasteiger partial charge in [0.25, 0.3) is 0 Å². The normalized spacial score (nSPS) is 11.2. The van der Waals surface area contributed by atoms with Gasteiger partial charge in [-0.25, -0.2) is 0 Å². The molecule has 0 aliphatic carbocycles. The van der Waals surface area contributed by atoms with Crippen molar-refractivity contribution >= 4 is 40.0 Å². The number of aryl methyl sites for hydroxylation is 1. The van der Waals surface area contributed by atoms with E-state index in [-0.39, 0.29) is 17.9 Å². The van der Waals surface area contributed by atoms with Crippen molar-refractivity contribution in [3.63, 3.8) is 0 Å². The number of hydrogen-bond acceptors (Lipinski definition) is 3. The molecule has 0 fully saturated rings. The van der Waals surface area contributed by atoms with Gasteiger partial charge < -0.3 is 14.5 Å². The number of benzene rings is 2. The summed E-state index contributed by atoms with van der Waals surface area (Å²) in [5.41, 5.74) is 2.42. The first-order chi connectivity index (χ1) is 12.5. The molecule has 1 heterocycles. The van der Waals surface area contributed by atoms with Crippen molar-refractivity contribution in [3.05, 3.63) is 63.7 Å². The lowest BCUT2D eigenvalue weighted by atomic mass is 10.1. The summed E-state index contributed by atoms with van der Waals surface area (Å²) in [7, 11) is 1.90. The fourth-order valence-electron chi connectivity index (χ4n) is 3.02. The molecule has 5 nitrogen and oxygen atoms in total. The maximum Gasteiger partial charge on any atom is 0.203 e. The van der Waals surface area contributed by atoms with E-state index < -0.39 is 0 Å². The number of Topliss-reactive ketones (excluding diaryl/α,β-unsaturated/α-hetero) is 1. The van der Waals surface area contributed by atoms with E-state index in [2.05, 4.69) is 5.32 Å². The molecule has 0 atom stereocenters. The maximum atomic E-state index is 12.7. The van der Waals surface area contributed by atoms with Crippen molar-refractivity contribution < 1.29 is 4.79 Å². The van der Waals surface area contributed by atoms with E-state index in [4.69, 9.17) is 28.6 Å². The second-order valence-electron chi connectivity index (χ2n) is 6.06. The van der Waals surface area contributed by atoms with Crippen molar-refractivity contribution in [2.75, 3.05) is 13.6 Å². The number of carbonyl (C=O) groups is 1. The molecule has 136 valence electrons. The molecular formula is C19H20Cl2N4O. The van der Waals surface area contributed by atoms with Gasteiger partial charge in [0.05, 0.1) is 22.6 Å². The molecule has 0 saturated carbocycles. The Morgan fingerprint density at radius 3 is 2.54 bits per heavy atom. The summed E-state index contributed by atoms with van der Waals surface area (Å²) in [5, 5.41) is 12.8. The Morgan fingerprint density at radius 2 is 1.85 bits per heavy atom. The molecular weight excluding hydrogens is 371 g/mol. The summed E-state index contributed by atoms with van der Waals surface area (Å²) in [6.45, 7) is 1.58. The van der Waals surface area contributed by atoms with Crippen LogP contribution < -0.4 is 10.9 Å². The highest BCUT2D eigenvalue weighted by atomic mass is 35.5. The van der Waals surface area contributed by atoms with E-state index >= 15 is 0 Å². The largest absolute Gasteiger partial charge is 0.320 e. The smallest absolute Gasteiger partial charge is 0.203 e. The van der Waals surface area contributed by atoms with Crippen LogP contribution in [-0.2, 0) is 13.1 Å². The number of nitrogens with one attached hydrogen (secondary N) is 2. The molecule has 1 aromatic heterocycles. The summed E-state index contributed by atoms with van der Waals surface area (Å²) in [5.74, 6) is -0.0746. The van der Waals surface area contributed by atoms with Gasteiger partial charge in [0.1, 0.15) is 0 Å². The van der Waals surface area contributed by atoms with Gasteiger partial charge in [-0.2, -0.15) is 0 Å². The zero-order valence-electron chi connectivity index (χ0n) is 14.4. The zero-order chi connectivity index (χ0) is 18.7. The lowest BCUT2D eigenvalue weighted by Gasteiger charge is -2.05. The quantitative estimate of drug-likeness (QED) is 0.476. The number of fused-ring (bicyclic) bond motifs is 1. The molecule has 3 aromatic rings. The van der Waals surface area contributed by atoms with E-state index in [0.717, 1.165) is 24.0 Å². The zero-order valence-corrected chi connectivity index (χ0v) is 15.9. The fraction of sp³-hybridized carbons (Fsp3) is 0.263. The van der Waals surface area contributed by atoms with Gasteiger partial charge in [-0.15, -0.1) is 0 Å². The molecule has 0 bridgehead atoms. The lowest BCUT2D eigenvalue weighted by Crippen LogP contribution is -2.28. The van der Waals surface area contributed by atoms with Crippen LogP contribution in [0.15, 0.2) is 42.5 Å². The first-order valence-corrected chi connectivity index (χ1v) is 9.14. The molecule has 2 aromatic carbocycles. The Morgan fingerprint density at radius 1 is 1.12 bits per heavy atom. The average Bonchev–Trinajstić information content (AvgIpc) is 2.89. The fourth-order valence-corrected chi connectivity index (χ4v) is 3.41. The number of halogens is 2. The Balaban J connectivity index is 2.01. The van der Waals surface area contributed by atoms with Gasteiger partial charge in [0, 0.05) is 17.1 Å². The first kappa shape index (κ1) is 18.7. The molecule has 2 N–H and O–H groups in total. The predicted molar refractivity (Wildman–Crippen MR) is 105 cm³/mol. The van der Waals surface area contributed by atoms with Crippen LogP contribution in [-0.4, -0.2) is 28.5 Å². The van der Waals surface area contributed by atoms with Crippen molar-refractivity contribution in [2.24, 2.45) is 0 Å².